The van der Waals surface area contributed by atoms with Gasteiger partial charge in [0.15, 0.2) is 4.96 Å². The van der Waals surface area contributed by atoms with Crippen LogP contribution in [0.5, 0.6) is 0 Å². The van der Waals surface area contributed by atoms with Gasteiger partial charge in [0, 0.05) is 17.3 Å². The zero-order valence-corrected chi connectivity index (χ0v) is 19.6. The molecule has 4 nitrogen and oxygen atoms in total. The van der Waals surface area contributed by atoms with E-state index in [1.165, 1.54) is 22.3 Å². The average Bonchev–Trinajstić information content (AvgIpc) is 3.36. The molecule has 0 spiro atoms. The van der Waals surface area contributed by atoms with E-state index in [9.17, 15) is 4.79 Å². The Morgan fingerprint density at radius 2 is 1.97 bits per heavy atom. The Hall–Kier alpha value is -3.44. The Morgan fingerprint density at radius 3 is 2.85 bits per heavy atom. The Labute approximate surface area is 196 Å². The molecule has 0 radical (unpaired) electrons. The molecule has 0 aliphatic heterocycles. The molecule has 2 aromatic heterocycles. The van der Waals surface area contributed by atoms with E-state index in [1.807, 2.05) is 18.2 Å². The van der Waals surface area contributed by atoms with Crippen LogP contribution in [0.1, 0.15) is 51.5 Å². The third-order valence-corrected chi connectivity index (χ3v) is 7.71. The van der Waals surface area contributed by atoms with Crippen molar-refractivity contribution in [3.63, 3.8) is 0 Å². The number of hydrogen-bond acceptors (Lipinski definition) is 3. The van der Waals surface area contributed by atoms with Crippen LogP contribution >= 0.6 is 11.3 Å². The van der Waals surface area contributed by atoms with Gasteiger partial charge < -0.3 is 5.32 Å². The second-order valence-corrected chi connectivity index (χ2v) is 10.0. The lowest BCUT2D eigenvalue weighted by Crippen LogP contribution is -2.30. The number of carbonyl (C=O) groups is 1. The molecule has 1 aliphatic carbocycles. The zero-order chi connectivity index (χ0) is 22.5. The van der Waals surface area contributed by atoms with E-state index in [-0.39, 0.29) is 11.9 Å². The average molecular weight is 452 g/mol. The van der Waals surface area contributed by atoms with E-state index in [0.717, 1.165) is 45.7 Å². The lowest BCUT2D eigenvalue weighted by molar-refractivity contribution is 0.0933. The summed E-state index contributed by atoms with van der Waals surface area (Å²) in [6.45, 7) is 4.24. The summed E-state index contributed by atoms with van der Waals surface area (Å²) in [5.74, 6) is -0.0133. The topological polar surface area (TPSA) is 46.4 Å². The van der Waals surface area contributed by atoms with Crippen LogP contribution in [0.2, 0.25) is 0 Å². The summed E-state index contributed by atoms with van der Waals surface area (Å²) in [6, 6.07) is 21.0. The van der Waals surface area contributed by atoms with Gasteiger partial charge in [-0.15, -0.1) is 0 Å². The minimum Gasteiger partial charge on any atom is -0.345 e. The minimum atomic E-state index is -0.0133. The number of hydrogen-bond donors (Lipinski definition) is 1. The molecule has 5 aromatic rings. The number of nitrogens with one attached hydrogen (secondary N) is 1. The van der Waals surface area contributed by atoms with Crippen LogP contribution in [0.15, 0.2) is 66.9 Å². The first-order valence-electron chi connectivity index (χ1n) is 11.4. The first kappa shape index (κ1) is 20.2. The number of thiazole rings is 1. The van der Waals surface area contributed by atoms with Gasteiger partial charge in [0.05, 0.1) is 22.0 Å². The fraction of sp³-hybridized carbons (Fsp3) is 0.214. The molecule has 1 aliphatic rings. The molecule has 5 heteroatoms. The van der Waals surface area contributed by atoms with Gasteiger partial charge in [0.25, 0.3) is 5.91 Å². The Kier molecular flexibility index (Phi) is 4.80. The maximum absolute atomic E-state index is 13.1. The van der Waals surface area contributed by atoms with Crippen molar-refractivity contribution in [3.8, 4) is 11.3 Å². The maximum atomic E-state index is 13.1. The summed E-state index contributed by atoms with van der Waals surface area (Å²) in [6.07, 6.45) is 5.28. The molecule has 1 amide bonds. The smallest absolute Gasteiger partial charge is 0.251 e. The highest BCUT2D eigenvalue weighted by Gasteiger charge is 2.22. The SMILES string of the molecule is Cc1ccc(-c2cn3c(n2)sc2cc(C(=O)N[C@H]4CCCc5ccccc54)ccc23)c(C)c1. The minimum absolute atomic E-state index is 0.0133. The first-order chi connectivity index (χ1) is 16.1. The predicted molar refractivity (Wildman–Crippen MR) is 135 cm³/mol. The third-order valence-electron chi connectivity index (χ3n) is 6.69. The quantitative estimate of drug-likeness (QED) is 0.334. The normalized spacial score (nSPS) is 15.6. The van der Waals surface area contributed by atoms with Crippen molar-refractivity contribution >= 4 is 32.4 Å². The molecule has 0 bridgehead atoms. The number of rotatable bonds is 3. The standard InChI is InChI=1S/C28H25N3OS/c1-17-10-12-21(18(2)14-17)24-16-31-25-13-11-20(15-26(25)33-28(31)30-24)27(32)29-23-9-5-7-19-6-3-4-8-22(19)23/h3-4,6,8,10-16,23H,5,7,9H2,1-2H3,(H,29,32)/t23-/m0/s1. The molecule has 164 valence electrons. The van der Waals surface area contributed by atoms with Crippen LogP contribution in [-0.2, 0) is 6.42 Å². The van der Waals surface area contributed by atoms with E-state index in [1.54, 1.807) is 11.3 Å². The maximum Gasteiger partial charge on any atom is 0.251 e. The number of carbonyl (C=O) groups excluding carboxylic acids is 1. The van der Waals surface area contributed by atoms with Crippen molar-refractivity contribution in [1.29, 1.82) is 0 Å². The monoisotopic (exact) mass is 451 g/mol. The molecule has 0 fully saturated rings. The number of imidazole rings is 1. The van der Waals surface area contributed by atoms with Gasteiger partial charge in [0.2, 0.25) is 0 Å². The van der Waals surface area contributed by atoms with Crippen molar-refractivity contribution < 1.29 is 4.79 Å². The predicted octanol–water partition coefficient (Wildman–Crippen LogP) is 6.64. The molecule has 3 aromatic carbocycles. The van der Waals surface area contributed by atoms with Gasteiger partial charge in [-0.1, -0.05) is 59.4 Å². The van der Waals surface area contributed by atoms with Crippen molar-refractivity contribution in [1.82, 2.24) is 14.7 Å². The van der Waals surface area contributed by atoms with Crippen LogP contribution in [-0.4, -0.2) is 15.3 Å². The molecular weight excluding hydrogens is 426 g/mol. The number of benzene rings is 3. The number of aryl methyl sites for hydroxylation is 3. The number of nitrogens with zero attached hydrogens (tertiary/aromatic N) is 2. The van der Waals surface area contributed by atoms with Gasteiger partial charge >= 0.3 is 0 Å². The van der Waals surface area contributed by atoms with E-state index in [2.05, 4.69) is 72.2 Å². The Morgan fingerprint density at radius 1 is 1.09 bits per heavy atom. The molecule has 0 saturated heterocycles. The van der Waals surface area contributed by atoms with E-state index in [0.29, 0.717) is 5.56 Å². The molecule has 1 N–H and O–H groups in total. The van der Waals surface area contributed by atoms with Crippen LogP contribution in [0.4, 0.5) is 0 Å². The summed E-state index contributed by atoms with van der Waals surface area (Å²) < 4.78 is 3.20. The van der Waals surface area contributed by atoms with Crippen molar-refractivity contribution in [2.75, 3.05) is 0 Å². The zero-order valence-electron chi connectivity index (χ0n) is 18.8. The molecule has 0 saturated carbocycles. The van der Waals surface area contributed by atoms with Gasteiger partial charge in [-0.2, -0.15) is 0 Å². The van der Waals surface area contributed by atoms with Crippen molar-refractivity contribution in [2.24, 2.45) is 0 Å². The summed E-state index contributed by atoms with van der Waals surface area (Å²) in [5.41, 5.74) is 9.02. The van der Waals surface area contributed by atoms with Gasteiger partial charge in [0.1, 0.15) is 0 Å². The fourth-order valence-corrected chi connectivity index (χ4v) is 6.07. The largest absolute Gasteiger partial charge is 0.345 e. The number of aromatic nitrogens is 2. The number of fused-ring (bicyclic) bond motifs is 4. The Bertz CT molecular complexity index is 1530. The van der Waals surface area contributed by atoms with Crippen molar-refractivity contribution in [3.05, 3.63) is 94.7 Å². The van der Waals surface area contributed by atoms with Crippen LogP contribution in [0.3, 0.4) is 0 Å². The summed E-state index contributed by atoms with van der Waals surface area (Å²) >= 11 is 1.62. The van der Waals surface area contributed by atoms with E-state index in [4.69, 9.17) is 4.98 Å². The van der Waals surface area contributed by atoms with Crippen LogP contribution in [0, 0.1) is 13.8 Å². The number of amides is 1. The highest BCUT2D eigenvalue weighted by atomic mass is 32.1. The molecule has 6 rings (SSSR count). The highest BCUT2D eigenvalue weighted by Crippen LogP contribution is 2.33. The molecule has 1 atom stereocenters. The second-order valence-electron chi connectivity index (χ2n) is 9.00. The summed E-state index contributed by atoms with van der Waals surface area (Å²) in [7, 11) is 0. The van der Waals surface area contributed by atoms with Gasteiger partial charge in [-0.3, -0.25) is 9.20 Å². The van der Waals surface area contributed by atoms with Crippen LogP contribution in [0.25, 0.3) is 26.4 Å². The molecule has 0 unspecified atom stereocenters. The second kappa shape index (κ2) is 7.85. The molecule has 2 heterocycles. The first-order valence-corrected chi connectivity index (χ1v) is 12.3. The molecular formula is C28H25N3OS. The van der Waals surface area contributed by atoms with Gasteiger partial charge in [-0.05, 0) is 68.0 Å². The Balaban J connectivity index is 1.30. The van der Waals surface area contributed by atoms with Crippen LogP contribution < -0.4 is 5.32 Å². The fourth-order valence-electron chi connectivity index (χ4n) is 5.02. The lowest BCUT2D eigenvalue weighted by atomic mass is 9.87. The summed E-state index contributed by atoms with van der Waals surface area (Å²) in [4.78, 5) is 18.9. The lowest BCUT2D eigenvalue weighted by Gasteiger charge is -2.26. The van der Waals surface area contributed by atoms with Gasteiger partial charge in [-0.25, -0.2) is 4.98 Å². The highest BCUT2D eigenvalue weighted by molar-refractivity contribution is 7.23. The third kappa shape index (κ3) is 3.53. The molecule has 33 heavy (non-hydrogen) atoms. The van der Waals surface area contributed by atoms with E-state index < -0.39 is 0 Å². The van der Waals surface area contributed by atoms with E-state index >= 15 is 0 Å². The van der Waals surface area contributed by atoms with Crippen molar-refractivity contribution in [2.45, 2.75) is 39.2 Å². The summed E-state index contributed by atoms with van der Waals surface area (Å²) in [5, 5.41) is 3.27.